The number of nitrogens with zero attached hydrogens (tertiary/aromatic N) is 1. The minimum Gasteiger partial charge on any atom is -0.478 e. The van der Waals surface area contributed by atoms with Gasteiger partial charge in [-0.1, -0.05) is 29.7 Å². The zero-order chi connectivity index (χ0) is 17.8. The van der Waals surface area contributed by atoms with Gasteiger partial charge < -0.3 is 15.3 Å². The Morgan fingerprint density at radius 3 is 2.28 bits per heavy atom. The van der Waals surface area contributed by atoms with Crippen LogP contribution in [0.4, 0.5) is 5.69 Å². The van der Waals surface area contributed by atoms with Gasteiger partial charge in [-0.25, -0.2) is 4.79 Å². The molecule has 1 aliphatic heterocycles. The highest BCUT2D eigenvalue weighted by molar-refractivity contribution is 6.36. The summed E-state index contributed by atoms with van der Waals surface area (Å²) in [6.07, 6.45) is 1.67. The van der Waals surface area contributed by atoms with Crippen LogP contribution in [0.15, 0.2) is 48.5 Å². The maximum absolute atomic E-state index is 12.3. The van der Waals surface area contributed by atoms with Gasteiger partial charge in [0, 0.05) is 30.4 Å². The molecule has 2 N–H and O–H groups in total. The molecular weight excluding hydrogens is 315 g/mol. The van der Waals surface area contributed by atoms with E-state index in [1.807, 2.05) is 12.1 Å². The highest BCUT2D eigenvalue weighted by Gasteiger charge is 2.22. The van der Waals surface area contributed by atoms with E-state index in [9.17, 15) is 9.59 Å². The van der Waals surface area contributed by atoms with Gasteiger partial charge in [0.15, 0.2) is 0 Å². The number of carbonyl (C=O) groups is 2. The van der Waals surface area contributed by atoms with Crippen LogP contribution in [0.3, 0.4) is 0 Å². The van der Waals surface area contributed by atoms with Crippen molar-refractivity contribution < 1.29 is 14.7 Å². The van der Waals surface area contributed by atoms with Gasteiger partial charge in [-0.2, -0.15) is 0 Å². The number of hydrogen-bond donors (Lipinski definition) is 2. The molecule has 0 unspecified atom stereocenters. The number of piperidine rings is 1. The minimum absolute atomic E-state index is 0.113. The van der Waals surface area contributed by atoms with Gasteiger partial charge in [0.05, 0.1) is 5.56 Å². The zero-order valence-corrected chi connectivity index (χ0v) is 13.8. The van der Waals surface area contributed by atoms with Crippen LogP contribution in [0.2, 0.25) is 0 Å². The second kappa shape index (κ2) is 7.42. The van der Waals surface area contributed by atoms with Crippen LogP contribution in [0, 0.1) is 0 Å². The quantitative estimate of drug-likeness (QED) is 0.833. The fourth-order valence-corrected chi connectivity index (χ4v) is 3.06. The third kappa shape index (κ3) is 4.02. The Labute approximate surface area is 148 Å². The third-order valence-electron chi connectivity index (χ3n) is 4.51. The molecule has 0 atom stereocenters. The van der Waals surface area contributed by atoms with Crippen molar-refractivity contribution in [1.82, 2.24) is 5.32 Å². The molecule has 0 spiro atoms. The van der Waals surface area contributed by atoms with Crippen molar-refractivity contribution in [2.45, 2.75) is 18.9 Å². The molecule has 126 valence electrons. The lowest BCUT2D eigenvalue weighted by Crippen LogP contribution is -2.45. The Balaban J connectivity index is 1.56. The SMILES string of the molecule is [B]c1ccccc1C(=O)NC1CCN(c2ccc(C(=O)O)cc2)CC1. The Kier molecular flexibility index (Phi) is 5.07. The average molecular weight is 334 g/mol. The number of carboxylic acid groups (broad SMARTS) is 1. The van der Waals surface area contributed by atoms with Crippen LogP contribution in [-0.2, 0) is 0 Å². The molecule has 0 bridgehead atoms. The highest BCUT2D eigenvalue weighted by atomic mass is 16.4. The van der Waals surface area contributed by atoms with Crippen molar-refractivity contribution in [3.8, 4) is 0 Å². The second-order valence-corrected chi connectivity index (χ2v) is 6.17. The fourth-order valence-electron chi connectivity index (χ4n) is 3.06. The van der Waals surface area contributed by atoms with E-state index in [2.05, 4.69) is 10.2 Å². The Morgan fingerprint density at radius 1 is 1.04 bits per heavy atom. The number of aromatic carboxylic acids is 1. The van der Waals surface area contributed by atoms with Crippen molar-refractivity contribution in [3.63, 3.8) is 0 Å². The summed E-state index contributed by atoms with van der Waals surface area (Å²) in [7, 11) is 5.85. The lowest BCUT2D eigenvalue weighted by atomic mass is 9.90. The van der Waals surface area contributed by atoms with Crippen molar-refractivity contribution in [2.75, 3.05) is 18.0 Å². The molecule has 2 radical (unpaired) electrons. The molecule has 1 saturated heterocycles. The smallest absolute Gasteiger partial charge is 0.335 e. The zero-order valence-electron chi connectivity index (χ0n) is 13.8. The number of hydrogen-bond acceptors (Lipinski definition) is 3. The summed E-state index contributed by atoms with van der Waals surface area (Å²) in [5, 5.41) is 12.0. The molecule has 6 heteroatoms. The van der Waals surface area contributed by atoms with Crippen LogP contribution >= 0.6 is 0 Å². The largest absolute Gasteiger partial charge is 0.478 e. The Hall–Kier alpha value is -2.76. The monoisotopic (exact) mass is 334 g/mol. The Bertz CT molecular complexity index is 768. The molecule has 2 aromatic carbocycles. The van der Waals surface area contributed by atoms with Crippen LogP contribution < -0.4 is 15.7 Å². The third-order valence-corrected chi connectivity index (χ3v) is 4.51. The van der Waals surface area contributed by atoms with E-state index in [0.29, 0.717) is 11.0 Å². The molecule has 3 rings (SSSR count). The predicted octanol–water partition coefficient (Wildman–Crippen LogP) is 1.58. The molecular formula is C19H19BN2O3. The van der Waals surface area contributed by atoms with E-state index in [0.717, 1.165) is 31.6 Å². The highest BCUT2D eigenvalue weighted by Crippen LogP contribution is 2.20. The fraction of sp³-hybridized carbons (Fsp3) is 0.263. The van der Waals surface area contributed by atoms with Crippen LogP contribution in [-0.4, -0.2) is 44.0 Å². The summed E-state index contributed by atoms with van der Waals surface area (Å²) < 4.78 is 0. The van der Waals surface area contributed by atoms with E-state index in [4.69, 9.17) is 13.0 Å². The van der Waals surface area contributed by atoms with E-state index < -0.39 is 5.97 Å². The van der Waals surface area contributed by atoms with Gasteiger partial charge >= 0.3 is 5.97 Å². The summed E-state index contributed by atoms with van der Waals surface area (Å²) >= 11 is 0. The van der Waals surface area contributed by atoms with Crippen molar-refractivity contribution in [2.24, 2.45) is 0 Å². The van der Waals surface area contributed by atoms with E-state index in [1.165, 1.54) is 0 Å². The average Bonchev–Trinajstić information content (AvgIpc) is 2.63. The maximum atomic E-state index is 12.3. The Morgan fingerprint density at radius 2 is 1.68 bits per heavy atom. The van der Waals surface area contributed by atoms with Gasteiger partial charge in [-0.05, 0) is 37.1 Å². The summed E-state index contributed by atoms with van der Waals surface area (Å²) in [4.78, 5) is 25.4. The maximum Gasteiger partial charge on any atom is 0.335 e. The van der Waals surface area contributed by atoms with Gasteiger partial charge in [0.25, 0.3) is 5.91 Å². The summed E-state index contributed by atoms with van der Waals surface area (Å²) in [5.74, 6) is -1.06. The number of rotatable bonds is 4. The van der Waals surface area contributed by atoms with Crippen molar-refractivity contribution in [3.05, 3.63) is 59.7 Å². The van der Waals surface area contributed by atoms with Crippen LogP contribution in [0.5, 0.6) is 0 Å². The first kappa shape index (κ1) is 17.1. The molecule has 5 nitrogen and oxygen atoms in total. The molecule has 25 heavy (non-hydrogen) atoms. The van der Waals surface area contributed by atoms with Crippen molar-refractivity contribution in [1.29, 1.82) is 0 Å². The molecule has 1 fully saturated rings. The first-order valence-electron chi connectivity index (χ1n) is 8.28. The lowest BCUT2D eigenvalue weighted by molar-refractivity contribution is 0.0696. The molecule has 0 saturated carbocycles. The molecule has 0 aliphatic carbocycles. The second-order valence-electron chi connectivity index (χ2n) is 6.17. The van der Waals surface area contributed by atoms with Crippen LogP contribution in [0.1, 0.15) is 33.6 Å². The topological polar surface area (TPSA) is 69.6 Å². The number of benzene rings is 2. The number of anilines is 1. The number of carbonyl (C=O) groups excluding carboxylic acids is 1. The van der Waals surface area contributed by atoms with E-state index in [-0.39, 0.29) is 17.5 Å². The molecule has 0 aromatic heterocycles. The first-order chi connectivity index (χ1) is 12.0. The molecule has 2 aromatic rings. The standard InChI is InChI=1S/C19H19BN2O3/c20-17-4-2-1-3-16(17)18(23)21-14-9-11-22(12-10-14)15-7-5-13(6-8-15)19(24)25/h1-8,14H,9-12H2,(H,21,23)(H,24,25). The van der Waals surface area contributed by atoms with Gasteiger partial charge in [0.1, 0.15) is 7.85 Å². The number of amides is 1. The van der Waals surface area contributed by atoms with E-state index >= 15 is 0 Å². The first-order valence-corrected chi connectivity index (χ1v) is 8.28. The van der Waals surface area contributed by atoms with Gasteiger partial charge in [-0.15, -0.1) is 0 Å². The van der Waals surface area contributed by atoms with Gasteiger partial charge in [0.2, 0.25) is 0 Å². The van der Waals surface area contributed by atoms with E-state index in [1.54, 1.807) is 36.4 Å². The normalized spacial score (nSPS) is 15.0. The summed E-state index contributed by atoms with van der Waals surface area (Å²) in [6, 6.07) is 14.0. The minimum atomic E-state index is -0.923. The molecule has 1 heterocycles. The number of nitrogens with one attached hydrogen (secondary N) is 1. The van der Waals surface area contributed by atoms with Crippen LogP contribution in [0.25, 0.3) is 0 Å². The summed E-state index contributed by atoms with van der Waals surface area (Å²) in [6.45, 7) is 1.61. The molecule has 1 aliphatic rings. The summed E-state index contributed by atoms with van der Waals surface area (Å²) in [5.41, 5.74) is 2.28. The van der Waals surface area contributed by atoms with Crippen molar-refractivity contribution >= 4 is 30.9 Å². The molecule has 1 amide bonds. The predicted molar refractivity (Wildman–Crippen MR) is 97.9 cm³/mol. The lowest BCUT2D eigenvalue weighted by Gasteiger charge is -2.34. The van der Waals surface area contributed by atoms with Gasteiger partial charge in [-0.3, -0.25) is 4.79 Å². The number of carboxylic acids is 1.